The van der Waals surface area contributed by atoms with Gasteiger partial charge in [0.1, 0.15) is 0 Å². The fourth-order valence-electron chi connectivity index (χ4n) is 26.3. The zero-order valence-electron chi connectivity index (χ0n) is 41.6. The van der Waals surface area contributed by atoms with Gasteiger partial charge in [-0.1, -0.05) is 30.3 Å². The Morgan fingerprint density at radius 2 is 0.519 bits per heavy atom. The quantitative estimate of drug-likeness (QED) is 0.0907. The number of benzene rings is 18. The van der Waals surface area contributed by atoms with Crippen LogP contribution in [0.2, 0.25) is 0 Å². The number of hydrogen-bond donors (Lipinski definition) is 0. The zero-order valence-corrected chi connectivity index (χ0v) is 41.6. The monoisotopic (exact) mass is 984 g/mol. The van der Waals surface area contributed by atoms with Gasteiger partial charge in [-0.25, -0.2) is 0 Å². The second-order valence-electron chi connectivity index (χ2n) is 27.6. The molecule has 0 aromatic heterocycles. The van der Waals surface area contributed by atoms with Crippen LogP contribution in [0.3, 0.4) is 0 Å². The van der Waals surface area contributed by atoms with Crippen molar-refractivity contribution in [3.8, 4) is 0 Å². The van der Waals surface area contributed by atoms with Crippen molar-refractivity contribution < 1.29 is 19.1 Å². The lowest BCUT2D eigenvalue weighted by Gasteiger charge is -2.53. The molecule has 28 aromatic rings. The summed E-state index contributed by atoms with van der Waals surface area (Å²) in [4.78, 5) is 33.2. The molecule has 0 spiro atoms. The summed E-state index contributed by atoms with van der Waals surface area (Å²) >= 11 is 0. The summed E-state index contributed by atoms with van der Waals surface area (Å²) in [6, 6.07) is 11.5. The van der Waals surface area contributed by atoms with Crippen LogP contribution in [0, 0.1) is 5.41 Å². The van der Waals surface area contributed by atoms with Crippen molar-refractivity contribution in [2.75, 3.05) is 13.2 Å². The highest BCUT2D eigenvalue weighted by atomic mass is 16.6. The minimum atomic E-state index is -1.81. The molecule has 79 heavy (non-hydrogen) atoms. The van der Waals surface area contributed by atoms with Gasteiger partial charge in [-0.05, 0) is 346 Å². The van der Waals surface area contributed by atoms with Crippen LogP contribution >= 0.6 is 0 Å². The number of carbonyl (C=O) groups is 2. The summed E-state index contributed by atoms with van der Waals surface area (Å²) < 4.78 is 13.2. The van der Waals surface area contributed by atoms with Crippen LogP contribution in [-0.2, 0) is 36.3 Å². The van der Waals surface area contributed by atoms with E-state index in [4.69, 9.17) is 9.47 Å². The predicted octanol–water partition coefficient (Wildman–Crippen LogP) is 18.4. The van der Waals surface area contributed by atoms with Gasteiger partial charge >= 0.3 is 11.9 Å². The van der Waals surface area contributed by atoms with Crippen molar-refractivity contribution in [3.05, 3.63) is 69.3 Å². The van der Waals surface area contributed by atoms with Crippen LogP contribution in [0.4, 0.5) is 0 Å². The van der Waals surface area contributed by atoms with Gasteiger partial charge in [0.25, 0.3) is 0 Å². The molecule has 0 heterocycles. The maximum atomic E-state index is 16.6. The third kappa shape index (κ3) is 1.88. The van der Waals surface area contributed by atoms with Crippen LogP contribution < -0.4 is 0 Å². The number of rotatable bonds is 7. The highest BCUT2D eigenvalue weighted by Crippen LogP contribution is 2.85. The van der Waals surface area contributed by atoms with Crippen molar-refractivity contribution in [3.63, 3.8) is 0 Å². The SMILES string of the molecule is CCOC(=O)C(C)(C(=O)OCC)C12c3c4c5c6c7c8c9c%10c(c1c1c%11c2c2c%12c3c5c3c5c6c6c7c7c9c9c%13c%10c1c1c%10c%11c%11c2c2c%12c3c3c5c5c6c6c7c9c7c(c%131)c1c%10c%11c9c2c3c2c9c1c7c6c52)C48Cc1ccccc1. The Labute approximate surface area is 434 Å². The standard InChI is InChI=1S/C75H20O4/c1-4-78-71(76)73(3,72(77)79-5-2)75-66-58-49-42-29-22-16-15-17-13-14-18(16)27(29)33-31-20(14)23-19(13)30-32-26(17)28-21(15)24-25(22)36-43-35(24)44-41(28)48-46(32)50-37(30)39-34(23)40-38(31)51(47(33)49)62(66)64-53(40)52(39)63-61(50)65-57(48)54(44)59-56(43)60(55(58)45(36)42)69(75)67(59)74(65,68(63)70(64)75)11-12-9-7-6-8-10-12/h6-10H,4-5,11H2,1-3H3. The number of hydrogen-bond acceptors (Lipinski definition) is 4. The summed E-state index contributed by atoms with van der Waals surface area (Å²) in [6.45, 7) is 6.18. The number of ether oxygens (including phenoxy) is 2. The van der Waals surface area contributed by atoms with Crippen molar-refractivity contribution >= 4 is 292 Å². The van der Waals surface area contributed by atoms with Gasteiger partial charge in [0.2, 0.25) is 0 Å². The Bertz CT molecular complexity index is 7770. The normalized spacial score (nSPS) is 20.7. The first-order chi connectivity index (χ1) is 39.0. The minimum absolute atomic E-state index is 0.163. The summed E-state index contributed by atoms with van der Waals surface area (Å²) in [5, 5.41) is 77.4. The Morgan fingerprint density at radius 3 is 0.835 bits per heavy atom. The average molecular weight is 985 g/mol. The molecule has 4 nitrogen and oxygen atoms in total. The maximum absolute atomic E-state index is 16.6. The Kier molecular flexibility index (Phi) is 3.16. The molecule has 5 aliphatic carbocycles. The van der Waals surface area contributed by atoms with Crippen LogP contribution in [-0.4, -0.2) is 25.2 Å². The molecule has 2 atom stereocenters. The van der Waals surface area contributed by atoms with Crippen molar-refractivity contribution in [1.29, 1.82) is 0 Å². The van der Waals surface area contributed by atoms with Crippen molar-refractivity contribution in [1.82, 2.24) is 0 Å². The number of carbonyl (C=O) groups excluding carboxylic acids is 2. The molecule has 0 N–H and O–H groups in total. The van der Waals surface area contributed by atoms with Gasteiger partial charge in [-0.3, -0.25) is 9.59 Å². The molecule has 344 valence electrons. The van der Waals surface area contributed by atoms with E-state index in [2.05, 4.69) is 30.3 Å². The predicted molar refractivity (Wildman–Crippen MR) is 324 cm³/mol. The van der Waals surface area contributed by atoms with E-state index in [1.54, 1.807) is 64.6 Å². The highest BCUT2D eigenvalue weighted by molar-refractivity contribution is 6.81. The first kappa shape index (κ1) is 32.4. The molecule has 4 heteroatoms. The van der Waals surface area contributed by atoms with E-state index < -0.39 is 28.2 Å². The first-order valence-corrected chi connectivity index (χ1v) is 29.2. The zero-order chi connectivity index (χ0) is 48.8. The molecular weight excluding hydrogens is 965 g/mol. The topological polar surface area (TPSA) is 52.6 Å². The molecule has 2 unspecified atom stereocenters. The van der Waals surface area contributed by atoms with Gasteiger partial charge in [0.15, 0.2) is 5.41 Å². The summed E-state index contributed by atoms with van der Waals surface area (Å²) in [7, 11) is 0. The smallest absolute Gasteiger partial charge is 0.324 e. The summed E-state index contributed by atoms with van der Waals surface area (Å²) in [5.74, 6) is -0.934. The summed E-state index contributed by atoms with van der Waals surface area (Å²) in [6.07, 6.45) is 0.789. The van der Waals surface area contributed by atoms with Crippen LogP contribution in [0.5, 0.6) is 0 Å². The van der Waals surface area contributed by atoms with E-state index in [1.807, 2.05) is 20.8 Å². The lowest BCUT2D eigenvalue weighted by molar-refractivity contribution is -0.174. The third-order valence-corrected chi connectivity index (χ3v) is 26.8. The average Bonchev–Trinajstić information content (AvgIpc) is 1.48. The van der Waals surface area contributed by atoms with E-state index in [9.17, 15) is 0 Å². The van der Waals surface area contributed by atoms with Crippen LogP contribution in [0.1, 0.15) is 59.7 Å². The second-order valence-corrected chi connectivity index (χ2v) is 27.6. The molecule has 0 saturated heterocycles. The first-order valence-electron chi connectivity index (χ1n) is 29.2. The van der Waals surface area contributed by atoms with Crippen LogP contribution in [0.25, 0.3) is 280 Å². The lowest BCUT2D eigenvalue weighted by atomic mass is 9.46. The largest absolute Gasteiger partial charge is 0.465 e. The van der Waals surface area contributed by atoms with Crippen molar-refractivity contribution in [2.45, 2.75) is 38.0 Å². The summed E-state index contributed by atoms with van der Waals surface area (Å²) in [5.41, 5.74) is 5.60. The fourth-order valence-corrected chi connectivity index (χ4v) is 26.3. The molecule has 0 saturated carbocycles. The lowest BCUT2D eigenvalue weighted by Crippen LogP contribution is -2.59. The fraction of sp³-hybridized carbons (Fsp3) is 0.120. The van der Waals surface area contributed by atoms with Gasteiger partial charge < -0.3 is 9.47 Å². The van der Waals surface area contributed by atoms with Gasteiger partial charge in [-0.2, -0.15) is 0 Å². The maximum Gasteiger partial charge on any atom is 0.324 e. The highest BCUT2D eigenvalue weighted by Gasteiger charge is 2.75. The Hall–Kier alpha value is -9.38. The van der Waals surface area contributed by atoms with E-state index >= 15 is 9.59 Å². The molecule has 0 radical (unpaired) electrons. The number of esters is 2. The van der Waals surface area contributed by atoms with Gasteiger partial charge in [0.05, 0.1) is 24.0 Å². The molecule has 33 rings (SSSR count). The minimum Gasteiger partial charge on any atom is -0.465 e. The molecule has 0 aliphatic heterocycles. The van der Waals surface area contributed by atoms with E-state index in [0.29, 0.717) is 0 Å². The molecule has 28 aromatic carbocycles. The molecule has 5 aliphatic rings. The molecule has 0 amide bonds. The van der Waals surface area contributed by atoms with Gasteiger partial charge in [-0.15, -0.1) is 0 Å². The van der Waals surface area contributed by atoms with Crippen LogP contribution in [0.15, 0.2) is 30.3 Å². The van der Waals surface area contributed by atoms with Crippen molar-refractivity contribution in [2.24, 2.45) is 5.41 Å². The van der Waals surface area contributed by atoms with E-state index in [-0.39, 0.29) is 13.2 Å². The van der Waals surface area contributed by atoms with E-state index in [0.717, 1.165) is 6.42 Å². The van der Waals surface area contributed by atoms with Gasteiger partial charge in [0, 0.05) is 0 Å². The Morgan fingerprint density at radius 1 is 0.304 bits per heavy atom. The molecular formula is C75H20O4. The molecule has 0 fully saturated rings. The third-order valence-electron chi connectivity index (χ3n) is 26.8. The molecule has 0 bridgehead atoms. The van der Waals surface area contributed by atoms with E-state index in [1.165, 1.54) is 254 Å². The second kappa shape index (κ2) is 7.72. The Balaban J connectivity index is 1.12.